The Bertz CT molecular complexity index is 647. The van der Waals surface area contributed by atoms with Gasteiger partial charge in [0.05, 0.1) is 17.9 Å². The highest BCUT2D eigenvalue weighted by molar-refractivity contribution is 5.97. The first kappa shape index (κ1) is 14.9. The number of hydrogen-bond acceptors (Lipinski definition) is 4. The van der Waals surface area contributed by atoms with Crippen molar-refractivity contribution in [2.45, 2.75) is 19.9 Å². The number of oxime groups is 1. The molecule has 1 aromatic carbocycles. The number of amidine groups is 1. The highest BCUT2D eigenvalue weighted by Crippen LogP contribution is 2.17. The van der Waals surface area contributed by atoms with Gasteiger partial charge < -0.3 is 15.8 Å². The Hall–Kier alpha value is -2.50. The fourth-order valence-electron chi connectivity index (χ4n) is 2.19. The van der Waals surface area contributed by atoms with Crippen molar-refractivity contribution in [3.05, 3.63) is 47.3 Å². The van der Waals surface area contributed by atoms with E-state index in [1.54, 1.807) is 0 Å². The SMILES string of the molecule is CCc1cc(CN(C)c2cccc(C(N)=NO)c2)n(C)n1. The van der Waals surface area contributed by atoms with Crippen LogP contribution in [0, 0.1) is 0 Å². The second-order valence-electron chi connectivity index (χ2n) is 5.00. The number of rotatable bonds is 5. The molecule has 0 radical (unpaired) electrons. The zero-order chi connectivity index (χ0) is 15.4. The minimum atomic E-state index is 0.110. The first-order valence-corrected chi connectivity index (χ1v) is 6.86. The fourth-order valence-corrected chi connectivity index (χ4v) is 2.19. The molecule has 0 bridgehead atoms. The molecule has 0 aliphatic carbocycles. The van der Waals surface area contributed by atoms with Crippen LogP contribution in [-0.2, 0) is 20.0 Å². The summed E-state index contributed by atoms with van der Waals surface area (Å²) in [6, 6.07) is 9.70. The van der Waals surface area contributed by atoms with E-state index in [9.17, 15) is 0 Å². The van der Waals surface area contributed by atoms with Crippen LogP contribution in [0.2, 0.25) is 0 Å². The molecule has 1 aromatic heterocycles. The van der Waals surface area contributed by atoms with Gasteiger partial charge in [0.1, 0.15) is 0 Å². The number of aromatic nitrogens is 2. The molecule has 1 heterocycles. The van der Waals surface area contributed by atoms with E-state index in [0.717, 1.165) is 30.0 Å². The Labute approximate surface area is 124 Å². The molecule has 0 aliphatic heterocycles. The standard InChI is InChI=1S/C15H21N5O/c1-4-12-9-14(20(3)17-12)10-19(2)13-7-5-6-11(8-13)15(16)18-21/h5-9,21H,4,10H2,1-3H3,(H2,16,18). The second-order valence-corrected chi connectivity index (χ2v) is 5.00. The number of nitrogens with two attached hydrogens (primary N) is 1. The number of nitrogens with zero attached hydrogens (tertiary/aromatic N) is 4. The van der Waals surface area contributed by atoms with Gasteiger partial charge in [-0.15, -0.1) is 0 Å². The summed E-state index contributed by atoms with van der Waals surface area (Å²) in [5.41, 5.74) is 9.55. The average Bonchev–Trinajstić information content (AvgIpc) is 2.86. The quantitative estimate of drug-likeness (QED) is 0.380. The Morgan fingerprint density at radius 2 is 2.19 bits per heavy atom. The molecular formula is C15H21N5O. The molecule has 0 spiro atoms. The van der Waals surface area contributed by atoms with Crippen LogP contribution in [0.25, 0.3) is 0 Å². The molecule has 2 rings (SSSR count). The number of aryl methyl sites for hydroxylation is 2. The molecule has 0 saturated carbocycles. The van der Waals surface area contributed by atoms with Crippen molar-refractivity contribution in [1.82, 2.24) is 9.78 Å². The summed E-state index contributed by atoms with van der Waals surface area (Å²) in [5, 5.41) is 16.2. The van der Waals surface area contributed by atoms with E-state index in [1.807, 2.05) is 43.0 Å². The van der Waals surface area contributed by atoms with Gasteiger partial charge in [0.2, 0.25) is 0 Å². The normalized spacial score (nSPS) is 11.7. The second kappa shape index (κ2) is 6.30. The molecule has 2 aromatic rings. The number of benzene rings is 1. The molecule has 0 amide bonds. The van der Waals surface area contributed by atoms with Crippen molar-refractivity contribution >= 4 is 11.5 Å². The van der Waals surface area contributed by atoms with Gasteiger partial charge in [0, 0.05) is 25.3 Å². The van der Waals surface area contributed by atoms with Gasteiger partial charge in [0.15, 0.2) is 5.84 Å². The predicted molar refractivity (Wildman–Crippen MR) is 83.6 cm³/mol. The minimum absolute atomic E-state index is 0.110. The van der Waals surface area contributed by atoms with Gasteiger partial charge >= 0.3 is 0 Å². The van der Waals surface area contributed by atoms with Crippen LogP contribution < -0.4 is 10.6 Å². The maximum atomic E-state index is 8.76. The van der Waals surface area contributed by atoms with Crippen molar-refractivity contribution in [2.24, 2.45) is 17.9 Å². The maximum Gasteiger partial charge on any atom is 0.170 e. The molecule has 6 heteroatoms. The third kappa shape index (κ3) is 3.34. The zero-order valence-corrected chi connectivity index (χ0v) is 12.6. The van der Waals surface area contributed by atoms with E-state index >= 15 is 0 Å². The van der Waals surface area contributed by atoms with Gasteiger partial charge in [-0.1, -0.05) is 24.2 Å². The Kier molecular flexibility index (Phi) is 4.47. The topological polar surface area (TPSA) is 79.7 Å². The molecule has 0 saturated heterocycles. The van der Waals surface area contributed by atoms with E-state index in [4.69, 9.17) is 10.9 Å². The predicted octanol–water partition coefficient (Wildman–Crippen LogP) is 1.71. The van der Waals surface area contributed by atoms with Crippen molar-refractivity contribution < 1.29 is 5.21 Å². The van der Waals surface area contributed by atoms with Crippen molar-refractivity contribution in [3.63, 3.8) is 0 Å². The molecule has 0 unspecified atom stereocenters. The van der Waals surface area contributed by atoms with Crippen LogP contribution in [0.5, 0.6) is 0 Å². The van der Waals surface area contributed by atoms with Crippen LogP contribution in [0.4, 0.5) is 5.69 Å². The van der Waals surface area contributed by atoms with E-state index in [-0.39, 0.29) is 5.84 Å². The zero-order valence-electron chi connectivity index (χ0n) is 12.6. The van der Waals surface area contributed by atoms with Gasteiger partial charge in [-0.2, -0.15) is 5.10 Å². The maximum absolute atomic E-state index is 8.76. The van der Waals surface area contributed by atoms with Gasteiger partial charge in [-0.25, -0.2) is 0 Å². The molecule has 3 N–H and O–H groups in total. The number of hydrogen-bond donors (Lipinski definition) is 2. The van der Waals surface area contributed by atoms with Crippen molar-refractivity contribution in [1.29, 1.82) is 0 Å². The smallest absolute Gasteiger partial charge is 0.170 e. The van der Waals surface area contributed by atoms with Crippen molar-refractivity contribution in [3.8, 4) is 0 Å². The summed E-state index contributed by atoms with van der Waals surface area (Å²) in [5.74, 6) is 0.110. The van der Waals surface area contributed by atoms with Crippen LogP contribution in [0.3, 0.4) is 0 Å². The van der Waals surface area contributed by atoms with Crippen LogP contribution in [0.15, 0.2) is 35.5 Å². The van der Waals surface area contributed by atoms with Gasteiger partial charge in [0.25, 0.3) is 0 Å². The molecular weight excluding hydrogens is 266 g/mol. The highest BCUT2D eigenvalue weighted by Gasteiger charge is 2.09. The Morgan fingerprint density at radius 3 is 2.81 bits per heavy atom. The third-order valence-corrected chi connectivity index (χ3v) is 3.48. The molecule has 0 fully saturated rings. The molecule has 0 aliphatic rings. The third-order valence-electron chi connectivity index (χ3n) is 3.48. The largest absolute Gasteiger partial charge is 0.409 e. The Balaban J connectivity index is 2.20. The van der Waals surface area contributed by atoms with E-state index < -0.39 is 0 Å². The van der Waals surface area contributed by atoms with Crippen LogP contribution in [0.1, 0.15) is 23.9 Å². The first-order chi connectivity index (χ1) is 10.0. The van der Waals surface area contributed by atoms with Crippen LogP contribution in [-0.4, -0.2) is 27.9 Å². The van der Waals surface area contributed by atoms with Gasteiger partial charge in [-0.3, -0.25) is 4.68 Å². The average molecular weight is 287 g/mol. The molecule has 21 heavy (non-hydrogen) atoms. The first-order valence-electron chi connectivity index (χ1n) is 6.86. The Morgan fingerprint density at radius 1 is 1.43 bits per heavy atom. The summed E-state index contributed by atoms with van der Waals surface area (Å²) in [6.07, 6.45) is 0.927. The lowest BCUT2D eigenvalue weighted by Crippen LogP contribution is -2.20. The molecule has 112 valence electrons. The van der Waals surface area contributed by atoms with E-state index in [0.29, 0.717) is 5.56 Å². The summed E-state index contributed by atoms with van der Waals surface area (Å²) in [6.45, 7) is 2.83. The molecule has 0 atom stereocenters. The fraction of sp³-hybridized carbons (Fsp3) is 0.333. The summed E-state index contributed by atoms with van der Waals surface area (Å²) >= 11 is 0. The lowest BCUT2D eigenvalue weighted by atomic mass is 10.1. The lowest BCUT2D eigenvalue weighted by molar-refractivity contribution is 0.318. The minimum Gasteiger partial charge on any atom is -0.409 e. The number of anilines is 1. The molecule has 6 nitrogen and oxygen atoms in total. The van der Waals surface area contributed by atoms with Crippen LogP contribution >= 0.6 is 0 Å². The summed E-state index contributed by atoms with van der Waals surface area (Å²) in [4.78, 5) is 2.10. The van der Waals surface area contributed by atoms with E-state index in [1.165, 1.54) is 0 Å². The lowest BCUT2D eigenvalue weighted by Gasteiger charge is -2.20. The summed E-state index contributed by atoms with van der Waals surface area (Å²) in [7, 11) is 3.96. The summed E-state index contributed by atoms with van der Waals surface area (Å²) < 4.78 is 1.91. The van der Waals surface area contributed by atoms with Crippen molar-refractivity contribution in [2.75, 3.05) is 11.9 Å². The highest BCUT2D eigenvalue weighted by atomic mass is 16.4. The monoisotopic (exact) mass is 287 g/mol. The van der Waals surface area contributed by atoms with Gasteiger partial charge in [-0.05, 0) is 24.6 Å². The van der Waals surface area contributed by atoms with E-state index in [2.05, 4.69) is 28.1 Å².